The number of rotatable bonds is 4. The van der Waals surface area contributed by atoms with Crippen LogP contribution in [0, 0.1) is 5.82 Å². The van der Waals surface area contributed by atoms with Gasteiger partial charge in [0.25, 0.3) is 0 Å². The van der Waals surface area contributed by atoms with Crippen molar-refractivity contribution in [2.24, 2.45) is 4.99 Å². The summed E-state index contributed by atoms with van der Waals surface area (Å²) in [5.41, 5.74) is 2.70. The summed E-state index contributed by atoms with van der Waals surface area (Å²) >= 11 is 0. The molecule has 0 saturated heterocycles. The summed E-state index contributed by atoms with van der Waals surface area (Å²) in [5, 5.41) is 10.9. The molecule has 0 unspecified atom stereocenters. The number of fused-ring (bicyclic) bond motifs is 1. The van der Waals surface area contributed by atoms with Crippen molar-refractivity contribution >= 4 is 23.1 Å². The van der Waals surface area contributed by atoms with Crippen LogP contribution < -0.4 is 4.74 Å². The summed E-state index contributed by atoms with van der Waals surface area (Å²) in [6.45, 7) is 0. The van der Waals surface area contributed by atoms with Gasteiger partial charge in [-0.2, -0.15) is 0 Å². The van der Waals surface area contributed by atoms with Crippen molar-refractivity contribution < 1.29 is 18.7 Å². The number of aliphatic imine (C=N–C) groups is 1. The van der Waals surface area contributed by atoms with Crippen LogP contribution in [0.5, 0.6) is 11.5 Å². The van der Waals surface area contributed by atoms with Gasteiger partial charge in [0.05, 0.1) is 18.1 Å². The number of methoxy groups -OCH3 is 1. The molecule has 0 bridgehead atoms. The average Bonchev–Trinajstić information content (AvgIpc) is 3.07. The Morgan fingerprint density at radius 3 is 2.44 bits per heavy atom. The van der Waals surface area contributed by atoms with Gasteiger partial charge in [0.15, 0.2) is 0 Å². The Hall–Kier alpha value is -3.60. The molecule has 4 aromatic rings. The third-order valence-electron chi connectivity index (χ3n) is 4.25. The van der Waals surface area contributed by atoms with Crippen molar-refractivity contribution in [3.63, 3.8) is 0 Å². The second-order valence-corrected chi connectivity index (χ2v) is 5.97. The van der Waals surface area contributed by atoms with Crippen LogP contribution in [0.1, 0.15) is 5.56 Å². The summed E-state index contributed by atoms with van der Waals surface area (Å²) in [7, 11) is 1.61. The lowest BCUT2D eigenvalue weighted by molar-refractivity contribution is 0.415. The van der Waals surface area contributed by atoms with E-state index < -0.39 is 0 Å². The minimum atomic E-state index is -0.334. The maximum Gasteiger partial charge on any atom is 0.228 e. The number of hydrogen-bond donors (Lipinski definition) is 1. The van der Waals surface area contributed by atoms with Crippen LogP contribution in [0.25, 0.3) is 22.1 Å². The van der Waals surface area contributed by atoms with E-state index in [9.17, 15) is 9.50 Å². The number of furan rings is 1. The highest BCUT2D eigenvalue weighted by atomic mass is 19.1. The van der Waals surface area contributed by atoms with E-state index in [-0.39, 0.29) is 11.6 Å². The Morgan fingerprint density at radius 2 is 1.74 bits per heavy atom. The molecule has 0 radical (unpaired) electrons. The largest absolute Gasteiger partial charge is 0.507 e. The smallest absolute Gasteiger partial charge is 0.228 e. The van der Waals surface area contributed by atoms with Gasteiger partial charge in [0.2, 0.25) is 5.88 Å². The van der Waals surface area contributed by atoms with Gasteiger partial charge in [-0.3, -0.25) is 0 Å². The van der Waals surface area contributed by atoms with Crippen LogP contribution in [0.3, 0.4) is 0 Å². The number of benzene rings is 3. The summed E-state index contributed by atoms with van der Waals surface area (Å²) in [6.07, 6.45) is 1.67. The number of phenolic OH excluding ortho intramolecular Hbond substituents is 1. The van der Waals surface area contributed by atoms with Crippen LogP contribution >= 0.6 is 0 Å². The molecule has 134 valence electrons. The number of phenols is 1. The van der Waals surface area contributed by atoms with Crippen LogP contribution in [0.15, 0.2) is 76.1 Å². The predicted molar refractivity (Wildman–Crippen MR) is 104 cm³/mol. The predicted octanol–water partition coefficient (Wildman–Crippen LogP) is 5.70. The lowest BCUT2D eigenvalue weighted by Crippen LogP contribution is -1.84. The molecule has 0 saturated carbocycles. The molecule has 0 spiro atoms. The van der Waals surface area contributed by atoms with Crippen molar-refractivity contribution in [1.29, 1.82) is 0 Å². The molecule has 1 aromatic heterocycles. The van der Waals surface area contributed by atoms with Gasteiger partial charge in [-0.15, -0.1) is 0 Å². The van der Waals surface area contributed by atoms with Gasteiger partial charge in [0, 0.05) is 6.21 Å². The minimum Gasteiger partial charge on any atom is -0.507 e. The van der Waals surface area contributed by atoms with Crippen molar-refractivity contribution in [1.82, 2.24) is 0 Å². The zero-order chi connectivity index (χ0) is 18.8. The highest BCUT2D eigenvalue weighted by Gasteiger charge is 2.18. The molecule has 4 rings (SSSR count). The highest BCUT2D eigenvalue weighted by Crippen LogP contribution is 2.43. The molecule has 27 heavy (non-hydrogen) atoms. The maximum absolute atomic E-state index is 13.3. The van der Waals surface area contributed by atoms with Crippen molar-refractivity contribution in [3.8, 4) is 22.6 Å². The third-order valence-corrected chi connectivity index (χ3v) is 4.25. The molecule has 0 aliphatic rings. The van der Waals surface area contributed by atoms with Crippen LogP contribution in [0.4, 0.5) is 10.3 Å². The van der Waals surface area contributed by atoms with Crippen molar-refractivity contribution in [2.45, 2.75) is 0 Å². The summed E-state index contributed by atoms with van der Waals surface area (Å²) in [4.78, 5) is 4.47. The Labute approximate surface area is 155 Å². The normalized spacial score (nSPS) is 11.3. The van der Waals surface area contributed by atoms with Gasteiger partial charge in [-0.1, -0.05) is 18.2 Å². The van der Waals surface area contributed by atoms with Crippen molar-refractivity contribution in [3.05, 3.63) is 78.1 Å². The fraction of sp³-hybridized carbons (Fsp3) is 0.0455. The fourth-order valence-electron chi connectivity index (χ4n) is 2.92. The van der Waals surface area contributed by atoms with Crippen LogP contribution in [-0.4, -0.2) is 18.4 Å². The van der Waals surface area contributed by atoms with E-state index in [1.807, 2.05) is 24.3 Å². The molecule has 5 heteroatoms. The first kappa shape index (κ1) is 16.8. The van der Waals surface area contributed by atoms with Gasteiger partial charge in [-0.25, -0.2) is 9.38 Å². The molecule has 0 aliphatic carbocycles. The molecule has 4 nitrogen and oxygen atoms in total. The number of hydrogen-bond acceptors (Lipinski definition) is 4. The summed E-state index contributed by atoms with van der Waals surface area (Å²) < 4.78 is 24.3. The summed E-state index contributed by atoms with van der Waals surface area (Å²) in [5.74, 6) is 0.849. The van der Waals surface area contributed by atoms with Gasteiger partial charge < -0.3 is 14.3 Å². The first-order valence-electron chi connectivity index (χ1n) is 8.34. The van der Waals surface area contributed by atoms with E-state index in [1.54, 1.807) is 43.7 Å². The molecule has 0 aliphatic heterocycles. The number of nitrogens with zero attached hydrogens (tertiary/aromatic N) is 1. The Balaban J connectivity index is 1.84. The molecule has 0 amide bonds. The minimum absolute atomic E-state index is 0.0847. The first-order valence-corrected chi connectivity index (χ1v) is 8.34. The van der Waals surface area contributed by atoms with E-state index in [0.717, 1.165) is 11.3 Å². The van der Waals surface area contributed by atoms with E-state index in [0.29, 0.717) is 28.0 Å². The number of aromatic hydroxyl groups is 1. The second-order valence-electron chi connectivity index (χ2n) is 5.97. The SMILES string of the molecule is COc1ccc(/C=N/c2oc3cccc(O)c3c2-c2ccc(F)cc2)cc1. The highest BCUT2D eigenvalue weighted by molar-refractivity contribution is 6.04. The van der Waals surface area contributed by atoms with E-state index in [2.05, 4.69) is 4.99 Å². The molecular formula is C22H16FNO3. The van der Waals surface area contributed by atoms with Crippen LogP contribution in [-0.2, 0) is 0 Å². The van der Waals surface area contributed by atoms with E-state index >= 15 is 0 Å². The lowest BCUT2D eigenvalue weighted by atomic mass is 10.0. The topological polar surface area (TPSA) is 55.0 Å². The second kappa shape index (κ2) is 6.96. The molecule has 1 N–H and O–H groups in total. The molecule has 0 fully saturated rings. The van der Waals surface area contributed by atoms with Gasteiger partial charge >= 0.3 is 0 Å². The Bertz CT molecular complexity index is 1110. The Morgan fingerprint density at radius 1 is 1.00 bits per heavy atom. The summed E-state index contributed by atoms with van der Waals surface area (Å²) in [6, 6.07) is 18.5. The standard InChI is InChI=1S/C22H16FNO3/c1-26-17-11-5-14(6-12-17)13-24-22-20(15-7-9-16(23)10-8-15)21-18(25)3-2-4-19(21)27-22/h2-13,25H,1H3/b24-13+. The van der Waals surface area contributed by atoms with Crippen LogP contribution in [0.2, 0.25) is 0 Å². The van der Waals surface area contributed by atoms with Crippen molar-refractivity contribution in [2.75, 3.05) is 7.11 Å². The quantitative estimate of drug-likeness (QED) is 0.474. The maximum atomic E-state index is 13.3. The Kier molecular flexibility index (Phi) is 4.34. The monoisotopic (exact) mass is 361 g/mol. The third kappa shape index (κ3) is 3.27. The molecule has 1 heterocycles. The average molecular weight is 361 g/mol. The number of ether oxygens (including phenoxy) is 1. The van der Waals surface area contributed by atoms with E-state index in [1.165, 1.54) is 12.1 Å². The molecule has 0 atom stereocenters. The van der Waals surface area contributed by atoms with Gasteiger partial charge in [-0.05, 0) is 59.7 Å². The fourth-order valence-corrected chi connectivity index (χ4v) is 2.92. The zero-order valence-corrected chi connectivity index (χ0v) is 14.5. The number of halogens is 1. The zero-order valence-electron chi connectivity index (χ0n) is 14.5. The lowest BCUT2D eigenvalue weighted by Gasteiger charge is -2.02. The van der Waals surface area contributed by atoms with E-state index in [4.69, 9.17) is 9.15 Å². The van der Waals surface area contributed by atoms with Gasteiger partial charge in [0.1, 0.15) is 22.9 Å². The molecule has 3 aromatic carbocycles. The first-order chi connectivity index (χ1) is 13.2. The molecular weight excluding hydrogens is 345 g/mol.